The van der Waals surface area contributed by atoms with Crippen LogP contribution in [-0.4, -0.2) is 32.2 Å². The van der Waals surface area contributed by atoms with Crippen LogP contribution in [0, 0.1) is 10.1 Å². The van der Waals surface area contributed by atoms with Gasteiger partial charge in [-0.25, -0.2) is 4.39 Å². The van der Waals surface area contributed by atoms with Crippen molar-refractivity contribution in [1.29, 1.82) is 0 Å². The zero-order valence-corrected chi connectivity index (χ0v) is 25.0. The van der Waals surface area contributed by atoms with Crippen LogP contribution in [0.4, 0.5) is 15.8 Å². The second-order valence-electron chi connectivity index (χ2n) is 10.5. The molecule has 2 aliphatic rings. The minimum atomic E-state index is -1.01. The Morgan fingerprint density at radius 1 is 0.932 bits per heavy atom. The summed E-state index contributed by atoms with van der Waals surface area (Å²) in [6.45, 7) is 5.08. The van der Waals surface area contributed by atoms with E-state index in [4.69, 9.17) is 23.7 Å². The molecule has 0 fully saturated rings. The van der Waals surface area contributed by atoms with Crippen molar-refractivity contribution in [3.8, 4) is 28.7 Å². The number of nitro groups is 1. The smallest absolute Gasteiger partial charge is 0.280 e. The molecular formula is C34H33FN2O7. The molecule has 1 atom stereocenters. The number of nitro benzene ring substituents is 1. The predicted molar refractivity (Wildman–Crippen MR) is 163 cm³/mol. The molecule has 0 aromatic heterocycles. The van der Waals surface area contributed by atoms with Gasteiger partial charge in [0.05, 0.1) is 42.9 Å². The highest BCUT2D eigenvalue weighted by molar-refractivity contribution is 5.69. The Kier molecular flexibility index (Phi) is 7.77. The molecule has 228 valence electrons. The van der Waals surface area contributed by atoms with Gasteiger partial charge in [-0.1, -0.05) is 24.3 Å². The Morgan fingerprint density at radius 2 is 1.66 bits per heavy atom. The Balaban J connectivity index is 1.47. The molecule has 4 aromatic carbocycles. The number of fused-ring (bicyclic) bond motifs is 6. The summed E-state index contributed by atoms with van der Waals surface area (Å²) in [5.41, 5.74) is 3.73. The van der Waals surface area contributed by atoms with Crippen LogP contribution in [0.5, 0.6) is 28.7 Å². The lowest BCUT2D eigenvalue weighted by atomic mass is 9.77. The largest absolute Gasteiger partial charge is 0.493 e. The van der Waals surface area contributed by atoms with Crippen molar-refractivity contribution in [3.63, 3.8) is 0 Å². The van der Waals surface area contributed by atoms with E-state index >= 15 is 4.39 Å². The molecule has 0 saturated carbocycles. The summed E-state index contributed by atoms with van der Waals surface area (Å²) < 4.78 is 44.9. The quantitative estimate of drug-likeness (QED) is 0.137. The number of anilines is 1. The standard InChI is InChI=1S/C34H33FN2O7/c1-5-36(6-2)23-11-12-26-30(16-23)44-33-24(18-35)29(14-13-27(33)34(26)25-10-8-7-9-21(25)20-43-34)42-19-22-15-31(40-3)32(41-4)17-28(22)37(38)39/h7-17H,5-6,18-20H2,1-4H3. The lowest BCUT2D eigenvalue weighted by molar-refractivity contribution is -0.385. The topological polar surface area (TPSA) is 92.5 Å². The van der Waals surface area contributed by atoms with Crippen LogP contribution in [0.1, 0.15) is 47.2 Å². The van der Waals surface area contributed by atoms with Crippen LogP contribution in [0.2, 0.25) is 0 Å². The van der Waals surface area contributed by atoms with Crippen LogP contribution < -0.4 is 23.8 Å². The van der Waals surface area contributed by atoms with Crippen LogP contribution in [0.15, 0.2) is 66.7 Å². The first kappa shape index (κ1) is 29.3. The third-order valence-electron chi connectivity index (χ3n) is 8.42. The maximum atomic E-state index is 15.0. The highest BCUT2D eigenvalue weighted by Crippen LogP contribution is 2.58. The molecule has 1 unspecified atom stereocenters. The van der Waals surface area contributed by atoms with Gasteiger partial charge < -0.3 is 28.6 Å². The van der Waals surface area contributed by atoms with Crippen LogP contribution >= 0.6 is 0 Å². The van der Waals surface area contributed by atoms with Gasteiger partial charge in [0.25, 0.3) is 5.69 Å². The molecule has 1 spiro atoms. The predicted octanol–water partition coefficient (Wildman–Crippen LogP) is 7.43. The molecule has 0 N–H and O–H groups in total. The Hall–Kier alpha value is -4.83. The first-order chi connectivity index (χ1) is 21.4. The van der Waals surface area contributed by atoms with Crippen molar-refractivity contribution in [2.45, 2.75) is 39.3 Å². The van der Waals surface area contributed by atoms with Crippen LogP contribution in [0.3, 0.4) is 0 Å². The molecule has 0 radical (unpaired) electrons. The highest BCUT2D eigenvalue weighted by atomic mass is 19.1. The van der Waals surface area contributed by atoms with Crippen LogP contribution in [-0.2, 0) is 30.2 Å². The molecule has 0 amide bonds. The van der Waals surface area contributed by atoms with Crippen LogP contribution in [0.25, 0.3) is 0 Å². The number of nitrogens with zero attached hydrogens (tertiary/aromatic N) is 2. The molecule has 0 bridgehead atoms. The molecular weight excluding hydrogens is 567 g/mol. The van der Waals surface area contributed by atoms with Gasteiger partial charge in [0.2, 0.25) is 0 Å². The lowest BCUT2D eigenvalue weighted by Crippen LogP contribution is -2.33. The molecule has 10 heteroatoms. The first-order valence-corrected chi connectivity index (χ1v) is 14.4. The summed E-state index contributed by atoms with van der Waals surface area (Å²) in [5, 5.41) is 11.9. The molecule has 0 aliphatic carbocycles. The molecule has 4 aromatic rings. The summed E-state index contributed by atoms with van der Waals surface area (Å²) in [6.07, 6.45) is 0. The fraction of sp³-hybridized carbons (Fsp3) is 0.294. The Bertz CT molecular complexity index is 1740. The summed E-state index contributed by atoms with van der Waals surface area (Å²) in [5.74, 6) is 1.63. The van der Waals surface area contributed by atoms with E-state index in [1.807, 2.05) is 42.5 Å². The molecule has 6 rings (SSSR count). The molecule has 44 heavy (non-hydrogen) atoms. The maximum absolute atomic E-state index is 15.0. The van der Waals surface area contributed by atoms with E-state index in [-0.39, 0.29) is 34.9 Å². The summed E-state index contributed by atoms with van der Waals surface area (Å²) in [6, 6.07) is 20.4. The minimum absolute atomic E-state index is 0.192. The summed E-state index contributed by atoms with van der Waals surface area (Å²) >= 11 is 0. The van der Waals surface area contributed by atoms with Gasteiger partial charge in [0.15, 0.2) is 17.1 Å². The Labute approximate surface area is 254 Å². The van der Waals surface area contributed by atoms with Gasteiger partial charge >= 0.3 is 0 Å². The van der Waals surface area contributed by atoms with Gasteiger partial charge in [-0.05, 0) is 55.3 Å². The third-order valence-corrected chi connectivity index (χ3v) is 8.42. The highest BCUT2D eigenvalue weighted by Gasteiger charge is 2.50. The average molecular weight is 601 g/mol. The molecule has 2 heterocycles. The Morgan fingerprint density at radius 3 is 2.36 bits per heavy atom. The van der Waals surface area contributed by atoms with Gasteiger partial charge in [-0.3, -0.25) is 10.1 Å². The summed E-state index contributed by atoms with van der Waals surface area (Å²) in [4.78, 5) is 13.5. The molecule has 0 saturated heterocycles. The summed E-state index contributed by atoms with van der Waals surface area (Å²) in [7, 11) is 2.85. The number of benzene rings is 4. The van der Waals surface area contributed by atoms with E-state index in [1.54, 1.807) is 6.07 Å². The number of alkyl halides is 1. The lowest BCUT2D eigenvalue weighted by Gasteiger charge is -2.39. The van der Waals surface area contributed by atoms with Gasteiger partial charge in [-0.15, -0.1) is 0 Å². The molecule has 9 nitrogen and oxygen atoms in total. The van der Waals surface area contributed by atoms with Gasteiger partial charge in [0, 0.05) is 36.0 Å². The van der Waals surface area contributed by atoms with Crippen molar-refractivity contribution in [2.75, 3.05) is 32.2 Å². The third kappa shape index (κ3) is 4.57. The monoisotopic (exact) mass is 600 g/mol. The maximum Gasteiger partial charge on any atom is 0.280 e. The fourth-order valence-electron chi connectivity index (χ4n) is 6.24. The van der Waals surface area contributed by atoms with E-state index in [9.17, 15) is 10.1 Å². The number of ether oxygens (including phenoxy) is 5. The van der Waals surface area contributed by atoms with Gasteiger partial charge in [-0.2, -0.15) is 0 Å². The zero-order chi connectivity index (χ0) is 31.0. The normalized spacial score (nSPS) is 16.0. The van der Waals surface area contributed by atoms with Gasteiger partial charge in [0.1, 0.15) is 30.5 Å². The van der Waals surface area contributed by atoms with Crippen molar-refractivity contribution in [2.24, 2.45) is 0 Å². The number of hydrogen-bond acceptors (Lipinski definition) is 8. The number of halogens is 1. The second kappa shape index (κ2) is 11.7. The van der Waals surface area contributed by atoms with Crippen molar-refractivity contribution < 1.29 is 33.0 Å². The van der Waals surface area contributed by atoms with E-state index in [2.05, 4.69) is 24.8 Å². The fourth-order valence-corrected chi connectivity index (χ4v) is 6.24. The average Bonchev–Trinajstić information content (AvgIpc) is 3.43. The van der Waals surface area contributed by atoms with E-state index < -0.39 is 17.2 Å². The number of rotatable bonds is 10. The van der Waals surface area contributed by atoms with Crippen molar-refractivity contribution in [1.82, 2.24) is 0 Å². The number of methoxy groups -OCH3 is 2. The SMILES string of the molecule is CCN(CC)c1ccc2c(c1)Oc1c(ccc(OCc3cc(OC)c(OC)cc3[N+](=O)[O-])c1CF)C21OCc2ccccc21. The number of hydrogen-bond donors (Lipinski definition) is 0. The van der Waals surface area contributed by atoms with Crippen molar-refractivity contribution in [3.05, 3.63) is 110 Å². The second-order valence-corrected chi connectivity index (χ2v) is 10.5. The van der Waals surface area contributed by atoms with Crippen molar-refractivity contribution >= 4 is 11.4 Å². The van der Waals surface area contributed by atoms with E-state index in [1.165, 1.54) is 26.4 Å². The van der Waals surface area contributed by atoms with E-state index in [0.29, 0.717) is 29.4 Å². The first-order valence-electron chi connectivity index (χ1n) is 14.4. The minimum Gasteiger partial charge on any atom is -0.493 e. The van der Waals surface area contributed by atoms with E-state index in [0.717, 1.165) is 35.5 Å². The zero-order valence-electron chi connectivity index (χ0n) is 25.0. The molecule has 2 aliphatic heterocycles.